The summed E-state index contributed by atoms with van der Waals surface area (Å²) in [5, 5.41) is 2.98. The molecule has 0 saturated carbocycles. The third-order valence-electron chi connectivity index (χ3n) is 3.99. The lowest BCUT2D eigenvalue weighted by molar-refractivity contribution is 0.600. The van der Waals surface area contributed by atoms with Crippen LogP contribution < -0.4 is 16.8 Å². The highest BCUT2D eigenvalue weighted by atomic mass is 16.1. The number of rotatable bonds is 4. The molecule has 0 aliphatic heterocycles. The number of H-pyrrole nitrogens is 1. The van der Waals surface area contributed by atoms with Gasteiger partial charge in [0.2, 0.25) is 0 Å². The normalized spacial score (nSPS) is 12.4. The standard InChI is InChI=1S/C18H16N6O/c19-22-16(13-9-5-2-6-10-13)17-21-18-20-14(11-15(25)24(18)23-17)12-7-3-1-4-8-12/h1-11,16,22H,19H2,(H,20,21,23). The first-order valence-corrected chi connectivity index (χ1v) is 7.82. The van der Waals surface area contributed by atoms with E-state index in [1.54, 1.807) is 0 Å². The van der Waals surface area contributed by atoms with Crippen LogP contribution in [0, 0.1) is 0 Å². The van der Waals surface area contributed by atoms with Gasteiger partial charge < -0.3 is 0 Å². The maximum Gasteiger partial charge on any atom is 0.274 e. The Morgan fingerprint density at radius 3 is 2.36 bits per heavy atom. The first-order chi connectivity index (χ1) is 12.3. The molecule has 2 aromatic heterocycles. The van der Waals surface area contributed by atoms with Gasteiger partial charge in [0.15, 0.2) is 0 Å². The third kappa shape index (κ3) is 2.82. The summed E-state index contributed by atoms with van der Waals surface area (Å²) in [6.45, 7) is 0. The lowest BCUT2D eigenvalue weighted by Crippen LogP contribution is -2.29. The summed E-state index contributed by atoms with van der Waals surface area (Å²) in [5.41, 5.74) is 4.87. The van der Waals surface area contributed by atoms with Crippen LogP contribution in [0.5, 0.6) is 0 Å². The van der Waals surface area contributed by atoms with E-state index in [2.05, 4.69) is 20.5 Å². The Morgan fingerprint density at radius 1 is 1.00 bits per heavy atom. The summed E-state index contributed by atoms with van der Waals surface area (Å²) in [7, 11) is 0. The zero-order valence-electron chi connectivity index (χ0n) is 13.3. The molecule has 0 aliphatic carbocycles. The predicted octanol–water partition coefficient (Wildman–Crippen LogP) is 1.64. The Labute approximate surface area is 143 Å². The van der Waals surface area contributed by atoms with Gasteiger partial charge in [-0.3, -0.25) is 15.7 Å². The Balaban J connectivity index is 1.83. The highest BCUT2D eigenvalue weighted by Gasteiger charge is 2.18. The Morgan fingerprint density at radius 2 is 1.68 bits per heavy atom. The van der Waals surface area contributed by atoms with Gasteiger partial charge in [0, 0.05) is 11.6 Å². The van der Waals surface area contributed by atoms with E-state index in [0.29, 0.717) is 17.3 Å². The van der Waals surface area contributed by atoms with E-state index in [9.17, 15) is 4.79 Å². The van der Waals surface area contributed by atoms with Crippen LogP contribution in [0.1, 0.15) is 17.4 Å². The molecular weight excluding hydrogens is 316 g/mol. The van der Waals surface area contributed by atoms with E-state index in [-0.39, 0.29) is 11.6 Å². The van der Waals surface area contributed by atoms with Crippen molar-refractivity contribution in [3.8, 4) is 11.3 Å². The molecule has 7 nitrogen and oxygen atoms in total. The van der Waals surface area contributed by atoms with Gasteiger partial charge in [-0.2, -0.15) is 9.50 Å². The molecule has 4 aromatic rings. The second kappa shape index (κ2) is 6.31. The van der Waals surface area contributed by atoms with E-state index < -0.39 is 0 Å². The van der Waals surface area contributed by atoms with E-state index in [0.717, 1.165) is 11.1 Å². The van der Waals surface area contributed by atoms with E-state index in [1.807, 2.05) is 60.7 Å². The lowest BCUT2D eigenvalue weighted by atomic mass is 10.1. The first-order valence-electron chi connectivity index (χ1n) is 7.82. The Kier molecular flexibility index (Phi) is 3.85. The maximum absolute atomic E-state index is 12.4. The van der Waals surface area contributed by atoms with Gasteiger partial charge in [-0.25, -0.2) is 10.4 Å². The highest BCUT2D eigenvalue weighted by Crippen LogP contribution is 2.19. The van der Waals surface area contributed by atoms with Crippen LogP contribution in [0.15, 0.2) is 71.5 Å². The fraction of sp³-hybridized carbons (Fsp3) is 0.0556. The molecule has 0 radical (unpaired) electrons. The minimum absolute atomic E-state index is 0.230. The maximum atomic E-state index is 12.4. The van der Waals surface area contributed by atoms with Crippen LogP contribution in [0.4, 0.5) is 0 Å². The molecule has 0 aliphatic rings. The number of hydrazine groups is 1. The van der Waals surface area contributed by atoms with Gasteiger partial charge in [0.25, 0.3) is 11.3 Å². The zero-order valence-corrected chi connectivity index (χ0v) is 13.3. The molecule has 2 aromatic carbocycles. The molecule has 4 rings (SSSR count). The number of hydrogen-bond acceptors (Lipinski definition) is 5. The molecule has 1 unspecified atom stereocenters. The minimum Gasteiger partial charge on any atom is -0.273 e. The van der Waals surface area contributed by atoms with Gasteiger partial charge in [-0.15, -0.1) is 0 Å². The van der Waals surface area contributed by atoms with E-state index >= 15 is 0 Å². The fourth-order valence-electron chi connectivity index (χ4n) is 2.76. The predicted molar refractivity (Wildman–Crippen MR) is 94.7 cm³/mol. The molecule has 7 heteroatoms. The summed E-state index contributed by atoms with van der Waals surface area (Å²) < 4.78 is 1.31. The number of nitrogens with zero attached hydrogens (tertiary/aromatic N) is 3. The summed E-state index contributed by atoms with van der Waals surface area (Å²) in [6, 6.07) is 20.3. The number of aromatic amines is 1. The quantitative estimate of drug-likeness (QED) is 0.389. The molecule has 2 heterocycles. The second-order valence-electron chi connectivity index (χ2n) is 5.60. The molecule has 4 N–H and O–H groups in total. The Hall–Kier alpha value is -3.29. The first kappa shape index (κ1) is 15.3. The smallest absolute Gasteiger partial charge is 0.273 e. The summed E-state index contributed by atoms with van der Waals surface area (Å²) in [6.07, 6.45) is 0. The molecule has 0 fully saturated rings. The summed E-state index contributed by atoms with van der Waals surface area (Å²) >= 11 is 0. The van der Waals surface area contributed by atoms with Crippen molar-refractivity contribution < 1.29 is 0 Å². The average Bonchev–Trinajstić information content (AvgIpc) is 3.08. The lowest BCUT2D eigenvalue weighted by Gasteiger charge is -2.12. The minimum atomic E-state index is -0.373. The van der Waals surface area contributed by atoms with Crippen LogP contribution in [0.2, 0.25) is 0 Å². The van der Waals surface area contributed by atoms with Crippen molar-refractivity contribution in [2.24, 2.45) is 5.84 Å². The topological polar surface area (TPSA) is 101 Å². The van der Waals surface area contributed by atoms with Gasteiger partial charge >= 0.3 is 0 Å². The summed E-state index contributed by atoms with van der Waals surface area (Å²) in [4.78, 5) is 21.4. The zero-order chi connectivity index (χ0) is 17.2. The largest absolute Gasteiger partial charge is 0.274 e. The molecule has 0 bridgehead atoms. The summed E-state index contributed by atoms with van der Waals surface area (Å²) in [5.74, 6) is 6.52. The van der Waals surface area contributed by atoms with Crippen molar-refractivity contribution in [2.75, 3.05) is 0 Å². The SMILES string of the molecule is NNC(c1ccccc1)c1nc2nc(-c3ccccc3)cc(=O)n2[nH]1. The number of fused-ring (bicyclic) bond motifs is 1. The molecule has 124 valence electrons. The van der Waals surface area contributed by atoms with Crippen molar-refractivity contribution in [3.05, 3.63) is 88.5 Å². The molecule has 0 spiro atoms. The van der Waals surface area contributed by atoms with Crippen molar-refractivity contribution in [1.29, 1.82) is 0 Å². The van der Waals surface area contributed by atoms with Crippen molar-refractivity contribution >= 4 is 5.78 Å². The van der Waals surface area contributed by atoms with Crippen LogP contribution >= 0.6 is 0 Å². The number of benzene rings is 2. The van der Waals surface area contributed by atoms with Crippen LogP contribution in [-0.4, -0.2) is 19.6 Å². The Bertz CT molecular complexity index is 1060. The van der Waals surface area contributed by atoms with E-state index in [1.165, 1.54) is 10.6 Å². The molecule has 25 heavy (non-hydrogen) atoms. The van der Waals surface area contributed by atoms with Gasteiger partial charge in [-0.05, 0) is 5.56 Å². The molecule has 1 atom stereocenters. The molecule has 0 saturated heterocycles. The monoisotopic (exact) mass is 332 g/mol. The number of nitrogens with two attached hydrogens (primary N) is 1. The van der Waals surface area contributed by atoms with Crippen molar-refractivity contribution in [1.82, 2.24) is 25.0 Å². The van der Waals surface area contributed by atoms with Gasteiger partial charge in [-0.1, -0.05) is 60.7 Å². The molecule has 0 amide bonds. The number of aromatic nitrogens is 4. The highest BCUT2D eigenvalue weighted by molar-refractivity contribution is 5.60. The van der Waals surface area contributed by atoms with Crippen LogP contribution in [0.3, 0.4) is 0 Å². The number of hydrogen-bond donors (Lipinski definition) is 3. The number of nitrogens with one attached hydrogen (secondary N) is 2. The van der Waals surface area contributed by atoms with E-state index in [4.69, 9.17) is 5.84 Å². The van der Waals surface area contributed by atoms with Gasteiger partial charge in [0.05, 0.1) is 5.69 Å². The van der Waals surface area contributed by atoms with Gasteiger partial charge in [0.1, 0.15) is 11.9 Å². The van der Waals surface area contributed by atoms with Crippen LogP contribution in [0.25, 0.3) is 17.0 Å². The average molecular weight is 332 g/mol. The second-order valence-corrected chi connectivity index (χ2v) is 5.60. The third-order valence-corrected chi connectivity index (χ3v) is 3.99. The fourth-order valence-corrected chi connectivity index (χ4v) is 2.76. The van der Waals surface area contributed by atoms with Crippen LogP contribution in [-0.2, 0) is 0 Å². The van der Waals surface area contributed by atoms with Crippen molar-refractivity contribution in [2.45, 2.75) is 6.04 Å². The molecular formula is C18H16N6O. The van der Waals surface area contributed by atoms with Crippen molar-refractivity contribution in [3.63, 3.8) is 0 Å².